The van der Waals surface area contributed by atoms with Gasteiger partial charge in [-0.15, -0.1) is 0 Å². The molecule has 4 aliphatic rings. The molecule has 0 N–H and O–H groups in total. The van der Waals surface area contributed by atoms with E-state index in [9.17, 15) is 4.79 Å². The minimum atomic E-state index is 0.395. The molecular formula is C24H40O. The lowest BCUT2D eigenvalue weighted by atomic mass is 9.58. The van der Waals surface area contributed by atoms with E-state index in [-0.39, 0.29) is 0 Å². The van der Waals surface area contributed by atoms with E-state index in [1.165, 1.54) is 64.1 Å². The van der Waals surface area contributed by atoms with Gasteiger partial charge in [-0.3, -0.25) is 0 Å². The fraction of sp³-hybridized carbons (Fsp3) is 0.958. The third-order valence-electron chi connectivity index (χ3n) is 9.01. The van der Waals surface area contributed by atoms with Gasteiger partial charge in [0.1, 0.15) is 6.29 Å². The van der Waals surface area contributed by atoms with Gasteiger partial charge in [-0.25, -0.2) is 0 Å². The maximum absolute atomic E-state index is 11.1. The third kappa shape index (κ3) is 4.01. The minimum absolute atomic E-state index is 0.395. The summed E-state index contributed by atoms with van der Waals surface area (Å²) in [4.78, 5) is 11.1. The van der Waals surface area contributed by atoms with Crippen LogP contribution in [0.1, 0.15) is 96.8 Å². The van der Waals surface area contributed by atoms with E-state index in [0.717, 1.165) is 41.4 Å². The van der Waals surface area contributed by atoms with Crippen LogP contribution in [0, 0.1) is 47.3 Å². The molecular weight excluding hydrogens is 304 g/mol. The molecule has 0 bridgehead atoms. The minimum Gasteiger partial charge on any atom is -0.303 e. The first kappa shape index (κ1) is 18.1. The highest BCUT2D eigenvalue weighted by Crippen LogP contribution is 2.52. The van der Waals surface area contributed by atoms with Crippen LogP contribution >= 0.6 is 0 Å². The van der Waals surface area contributed by atoms with Gasteiger partial charge in [0, 0.05) is 5.92 Å². The first-order valence-corrected chi connectivity index (χ1v) is 11.7. The maximum atomic E-state index is 11.1. The van der Waals surface area contributed by atoms with E-state index < -0.39 is 0 Å². The first-order valence-electron chi connectivity index (χ1n) is 11.7. The summed E-state index contributed by atoms with van der Waals surface area (Å²) in [5, 5.41) is 0. The fourth-order valence-corrected chi connectivity index (χ4v) is 7.63. The van der Waals surface area contributed by atoms with E-state index in [2.05, 4.69) is 6.92 Å². The summed E-state index contributed by atoms with van der Waals surface area (Å²) in [6, 6.07) is 0. The van der Waals surface area contributed by atoms with Crippen LogP contribution in [0.5, 0.6) is 0 Å². The fourth-order valence-electron chi connectivity index (χ4n) is 7.63. The average molecular weight is 345 g/mol. The van der Waals surface area contributed by atoms with Crippen molar-refractivity contribution < 1.29 is 4.79 Å². The van der Waals surface area contributed by atoms with Crippen molar-refractivity contribution in [2.75, 3.05) is 0 Å². The lowest BCUT2D eigenvalue weighted by molar-refractivity contribution is -0.113. The SMILES string of the molecule is CCCC1CC[C@@H]2CC(C3CCC4C[C@H](C=O)CC[C@@H]4C3)CC[C@H]2C1. The van der Waals surface area contributed by atoms with Crippen LogP contribution in [0.3, 0.4) is 0 Å². The molecule has 142 valence electrons. The molecule has 4 saturated carbocycles. The van der Waals surface area contributed by atoms with Crippen molar-refractivity contribution in [3.63, 3.8) is 0 Å². The number of rotatable bonds is 4. The number of hydrogen-bond donors (Lipinski definition) is 0. The predicted octanol–water partition coefficient (Wildman–Crippen LogP) is 6.65. The van der Waals surface area contributed by atoms with Gasteiger partial charge in [-0.1, -0.05) is 26.2 Å². The zero-order valence-corrected chi connectivity index (χ0v) is 16.5. The smallest absolute Gasteiger partial charge is 0.123 e. The maximum Gasteiger partial charge on any atom is 0.123 e. The normalized spacial score (nSPS) is 47.6. The Bertz CT molecular complexity index is 443. The molecule has 25 heavy (non-hydrogen) atoms. The Hall–Kier alpha value is -0.330. The highest BCUT2D eigenvalue weighted by molar-refractivity contribution is 5.53. The van der Waals surface area contributed by atoms with Crippen LogP contribution in [-0.4, -0.2) is 6.29 Å². The Balaban J connectivity index is 1.29. The third-order valence-corrected chi connectivity index (χ3v) is 9.01. The van der Waals surface area contributed by atoms with Gasteiger partial charge in [0.25, 0.3) is 0 Å². The Labute approximate surface area is 155 Å². The molecule has 0 spiro atoms. The lowest BCUT2D eigenvalue weighted by Crippen LogP contribution is -2.37. The van der Waals surface area contributed by atoms with Gasteiger partial charge in [0.15, 0.2) is 0 Å². The Morgan fingerprint density at radius 1 is 0.640 bits per heavy atom. The molecule has 4 rings (SSSR count). The number of hydrogen-bond acceptors (Lipinski definition) is 1. The van der Waals surface area contributed by atoms with Crippen LogP contribution in [0.15, 0.2) is 0 Å². The molecule has 0 aromatic carbocycles. The number of aldehydes is 1. The highest BCUT2D eigenvalue weighted by Gasteiger charge is 2.41. The molecule has 1 heteroatoms. The van der Waals surface area contributed by atoms with Crippen molar-refractivity contribution in [2.45, 2.75) is 96.8 Å². The molecule has 0 aliphatic heterocycles. The van der Waals surface area contributed by atoms with E-state index in [1.54, 1.807) is 32.1 Å². The first-order chi connectivity index (χ1) is 12.3. The van der Waals surface area contributed by atoms with Crippen molar-refractivity contribution >= 4 is 6.29 Å². The zero-order chi connectivity index (χ0) is 17.2. The number of carbonyl (C=O) groups is 1. The second-order valence-electron chi connectivity index (χ2n) is 10.4. The molecule has 0 aromatic heterocycles. The van der Waals surface area contributed by atoms with Crippen molar-refractivity contribution in [3.8, 4) is 0 Å². The van der Waals surface area contributed by atoms with Crippen LogP contribution in [0.2, 0.25) is 0 Å². The van der Waals surface area contributed by atoms with Crippen LogP contribution < -0.4 is 0 Å². The van der Waals surface area contributed by atoms with Crippen molar-refractivity contribution in [1.82, 2.24) is 0 Å². The van der Waals surface area contributed by atoms with Crippen LogP contribution in [-0.2, 0) is 4.79 Å². The summed E-state index contributed by atoms with van der Waals surface area (Å²) in [5.74, 6) is 7.56. The van der Waals surface area contributed by atoms with Gasteiger partial charge in [0.2, 0.25) is 0 Å². The molecule has 4 fully saturated rings. The molecule has 4 aliphatic carbocycles. The molecule has 0 aromatic rings. The molecule has 8 atom stereocenters. The van der Waals surface area contributed by atoms with E-state index in [4.69, 9.17) is 0 Å². The Kier molecular flexibility index (Phi) is 5.87. The van der Waals surface area contributed by atoms with Crippen molar-refractivity contribution in [2.24, 2.45) is 47.3 Å². The molecule has 0 heterocycles. The van der Waals surface area contributed by atoms with E-state index >= 15 is 0 Å². The molecule has 0 saturated heterocycles. The van der Waals surface area contributed by atoms with Gasteiger partial charge in [0.05, 0.1) is 0 Å². The molecule has 1 nitrogen and oxygen atoms in total. The topological polar surface area (TPSA) is 17.1 Å². The Morgan fingerprint density at radius 3 is 1.68 bits per heavy atom. The summed E-state index contributed by atoms with van der Waals surface area (Å²) in [7, 11) is 0. The second-order valence-corrected chi connectivity index (χ2v) is 10.4. The van der Waals surface area contributed by atoms with Crippen LogP contribution in [0.25, 0.3) is 0 Å². The second kappa shape index (κ2) is 8.13. The summed E-state index contributed by atoms with van der Waals surface area (Å²) in [6.45, 7) is 2.36. The quantitative estimate of drug-likeness (QED) is 0.522. The van der Waals surface area contributed by atoms with Crippen molar-refractivity contribution in [3.05, 3.63) is 0 Å². The van der Waals surface area contributed by atoms with Crippen molar-refractivity contribution in [1.29, 1.82) is 0 Å². The monoisotopic (exact) mass is 344 g/mol. The molecule has 0 amide bonds. The zero-order valence-electron chi connectivity index (χ0n) is 16.5. The summed E-state index contributed by atoms with van der Waals surface area (Å²) in [5.41, 5.74) is 0. The molecule has 4 unspecified atom stereocenters. The van der Waals surface area contributed by atoms with E-state index in [0.29, 0.717) is 5.92 Å². The van der Waals surface area contributed by atoms with Gasteiger partial charge < -0.3 is 4.79 Å². The standard InChI is InChI=1S/C24H40O/c1-2-3-17-4-6-21-14-23(10-8-19(21)12-17)24-11-9-20-13-18(16-25)5-7-22(20)15-24/h16-24H,2-15H2,1H3/t17?,18-,19+,20?,21-,22-,23?,24?/m1/s1. The highest BCUT2D eigenvalue weighted by atomic mass is 16.1. The summed E-state index contributed by atoms with van der Waals surface area (Å²) in [6.07, 6.45) is 21.6. The van der Waals surface area contributed by atoms with E-state index in [1.807, 2.05) is 0 Å². The predicted molar refractivity (Wildman–Crippen MR) is 104 cm³/mol. The Morgan fingerprint density at radius 2 is 1.12 bits per heavy atom. The number of fused-ring (bicyclic) bond motifs is 2. The average Bonchev–Trinajstić information content (AvgIpc) is 2.67. The van der Waals surface area contributed by atoms with Gasteiger partial charge in [-0.05, 0) is 112 Å². The summed E-state index contributed by atoms with van der Waals surface area (Å²) < 4.78 is 0. The molecule has 0 radical (unpaired) electrons. The largest absolute Gasteiger partial charge is 0.303 e. The number of carbonyl (C=O) groups excluding carboxylic acids is 1. The lowest BCUT2D eigenvalue weighted by Gasteiger charge is -2.48. The van der Waals surface area contributed by atoms with Gasteiger partial charge in [-0.2, -0.15) is 0 Å². The van der Waals surface area contributed by atoms with Crippen LogP contribution in [0.4, 0.5) is 0 Å². The van der Waals surface area contributed by atoms with Gasteiger partial charge >= 0.3 is 0 Å². The summed E-state index contributed by atoms with van der Waals surface area (Å²) >= 11 is 0.